The summed E-state index contributed by atoms with van der Waals surface area (Å²) in [6.07, 6.45) is 0.651. The van der Waals surface area contributed by atoms with E-state index in [1.54, 1.807) is 0 Å². The lowest BCUT2D eigenvalue weighted by Gasteiger charge is -2.28. The highest BCUT2D eigenvalue weighted by atomic mass is 32.2. The number of aryl methyl sites for hydroxylation is 1. The van der Waals surface area contributed by atoms with Gasteiger partial charge in [0.15, 0.2) is 9.84 Å². The van der Waals surface area contributed by atoms with Crippen LogP contribution in [0.5, 0.6) is 0 Å². The molecule has 6 nitrogen and oxygen atoms in total. The van der Waals surface area contributed by atoms with Gasteiger partial charge in [0.05, 0.1) is 11.5 Å². The maximum atomic E-state index is 11.9. The predicted octanol–water partition coefficient (Wildman–Crippen LogP) is 3.67. The van der Waals surface area contributed by atoms with Gasteiger partial charge in [0, 0.05) is 24.3 Å². The van der Waals surface area contributed by atoms with Gasteiger partial charge in [0.25, 0.3) is 0 Å². The van der Waals surface area contributed by atoms with Gasteiger partial charge < -0.3 is 10.2 Å². The van der Waals surface area contributed by atoms with Gasteiger partial charge in [0.1, 0.15) is 17.5 Å². The highest BCUT2D eigenvalue weighted by Crippen LogP contribution is 2.29. The molecule has 0 saturated carbocycles. The molecule has 146 valence electrons. The first kappa shape index (κ1) is 19.6. The molecule has 1 atom stereocenters. The molecule has 1 fully saturated rings. The average molecular weight is 389 g/mol. The number of benzene rings is 1. The van der Waals surface area contributed by atoms with Crippen molar-refractivity contribution < 1.29 is 8.42 Å². The Balaban J connectivity index is 1.90. The normalized spacial score (nSPS) is 18.6. The number of anilines is 3. The van der Waals surface area contributed by atoms with E-state index in [4.69, 9.17) is 0 Å². The molecular formula is C20H28N4O2S. The van der Waals surface area contributed by atoms with Gasteiger partial charge in [-0.05, 0) is 37.8 Å². The summed E-state index contributed by atoms with van der Waals surface area (Å²) >= 11 is 0. The minimum atomic E-state index is -2.94. The van der Waals surface area contributed by atoms with E-state index >= 15 is 0 Å². The van der Waals surface area contributed by atoms with E-state index in [9.17, 15) is 8.42 Å². The number of para-hydroxylation sites is 1. The summed E-state index contributed by atoms with van der Waals surface area (Å²) in [7, 11) is -2.94. The molecule has 1 N–H and O–H groups in total. The Morgan fingerprint density at radius 1 is 1.26 bits per heavy atom. The predicted molar refractivity (Wildman–Crippen MR) is 111 cm³/mol. The van der Waals surface area contributed by atoms with E-state index in [2.05, 4.69) is 40.1 Å². The Morgan fingerprint density at radius 2 is 2.00 bits per heavy atom. The van der Waals surface area contributed by atoms with Crippen LogP contribution >= 0.6 is 0 Å². The molecule has 0 radical (unpaired) electrons. The highest BCUT2D eigenvalue weighted by Gasteiger charge is 2.32. The molecule has 1 aromatic heterocycles. The van der Waals surface area contributed by atoms with Gasteiger partial charge in [-0.3, -0.25) is 0 Å². The van der Waals surface area contributed by atoms with Crippen molar-refractivity contribution in [1.29, 1.82) is 0 Å². The van der Waals surface area contributed by atoms with E-state index in [-0.39, 0.29) is 17.5 Å². The zero-order valence-corrected chi connectivity index (χ0v) is 17.3. The second-order valence-corrected chi connectivity index (χ2v) is 9.60. The Kier molecular flexibility index (Phi) is 5.69. The summed E-state index contributed by atoms with van der Waals surface area (Å²) < 4.78 is 23.8. The van der Waals surface area contributed by atoms with E-state index in [0.717, 1.165) is 17.3 Å². The molecule has 1 aromatic carbocycles. The van der Waals surface area contributed by atoms with Crippen LogP contribution in [0, 0.1) is 6.92 Å². The van der Waals surface area contributed by atoms with Gasteiger partial charge in [-0.1, -0.05) is 32.0 Å². The van der Waals surface area contributed by atoms with Crippen LogP contribution in [-0.2, 0) is 9.84 Å². The third-order valence-electron chi connectivity index (χ3n) is 4.95. The van der Waals surface area contributed by atoms with Crippen LogP contribution in [-0.4, -0.2) is 42.5 Å². The van der Waals surface area contributed by atoms with Gasteiger partial charge in [-0.25, -0.2) is 18.4 Å². The van der Waals surface area contributed by atoms with Crippen molar-refractivity contribution in [3.8, 4) is 0 Å². The smallest absolute Gasteiger partial charge is 0.152 e. The fourth-order valence-electron chi connectivity index (χ4n) is 3.64. The Morgan fingerprint density at radius 3 is 2.63 bits per heavy atom. The fraction of sp³-hybridized carbons (Fsp3) is 0.500. The van der Waals surface area contributed by atoms with Gasteiger partial charge in [0.2, 0.25) is 0 Å². The molecule has 0 spiro atoms. The third-order valence-corrected chi connectivity index (χ3v) is 6.70. The molecule has 1 aliphatic heterocycles. The molecule has 2 heterocycles. The largest absolute Gasteiger partial charge is 0.353 e. The van der Waals surface area contributed by atoms with Crippen molar-refractivity contribution in [3.05, 3.63) is 41.7 Å². The van der Waals surface area contributed by atoms with Crippen molar-refractivity contribution >= 4 is 27.2 Å². The maximum Gasteiger partial charge on any atom is 0.152 e. The monoisotopic (exact) mass is 388 g/mol. The number of hydrogen-bond donors (Lipinski definition) is 1. The zero-order valence-electron chi connectivity index (χ0n) is 16.4. The van der Waals surface area contributed by atoms with Crippen molar-refractivity contribution in [2.75, 3.05) is 28.3 Å². The van der Waals surface area contributed by atoms with Crippen LogP contribution in [0.25, 0.3) is 0 Å². The minimum Gasteiger partial charge on any atom is -0.353 e. The van der Waals surface area contributed by atoms with Crippen LogP contribution < -0.4 is 10.2 Å². The fourth-order valence-corrected chi connectivity index (χ4v) is 5.37. The number of hydrogen-bond acceptors (Lipinski definition) is 6. The van der Waals surface area contributed by atoms with Crippen LogP contribution in [0.4, 0.5) is 17.3 Å². The quantitative estimate of drug-likeness (QED) is 0.814. The number of nitrogens with one attached hydrogen (secondary N) is 1. The molecular weight excluding hydrogens is 360 g/mol. The van der Waals surface area contributed by atoms with Gasteiger partial charge >= 0.3 is 0 Å². The van der Waals surface area contributed by atoms with Crippen molar-refractivity contribution in [2.45, 2.75) is 46.1 Å². The van der Waals surface area contributed by atoms with Crippen molar-refractivity contribution in [2.24, 2.45) is 0 Å². The lowest BCUT2D eigenvalue weighted by molar-refractivity contribution is 0.599. The maximum absolute atomic E-state index is 11.9. The lowest BCUT2D eigenvalue weighted by atomic mass is 10.0. The first-order valence-electron chi connectivity index (χ1n) is 9.47. The molecule has 1 unspecified atom stereocenters. The number of aromatic nitrogens is 2. The topological polar surface area (TPSA) is 75.2 Å². The molecule has 2 aromatic rings. The van der Waals surface area contributed by atoms with Crippen molar-refractivity contribution in [1.82, 2.24) is 9.97 Å². The number of sulfone groups is 1. The van der Waals surface area contributed by atoms with E-state index in [0.29, 0.717) is 24.7 Å². The van der Waals surface area contributed by atoms with E-state index < -0.39 is 9.84 Å². The summed E-state index contributed by atoms with van der Waals surface area (Å²) in [4.78, 5) is 11.2. The van der Waals surface area contributed by atoms with Crippen LogP contribution in [0.2, 0.25) is 0 Å². The highest BCUT2D eigenvalue weighted by molar-refractivity contribution is 7.91. The molecule has 3 rings (SSSR count). The number of nitrogens with zero attached hydrogens (tertiary/aromatic N) is 3. The summed E-state index contributed by atoms with van der Waals surface area (Å²) in [6.45, 7) is 8.93. The van der Waals surface area contributed by atoms with Crippen molar-refractivity contribution in [3.63, 3.8) is 0 Å². The lowest BCUT2D eigenvalue weighted by Crippen LogP contribution is -2.37. The van der Waals surface area contributed by atoms with E-state index in [1.807, 2.05) is 38.1 Å². The van der Waals surface area contributed by atoms with Gasteiger partial charge in [-0.15, -0.1) is 0 Å². The second-order valence-electron chi connectivity index (χ2n) is 7.37. The first-order chi connectivity index (χ1) is 12.8. The second kappa shape index (κ2) is 7.84. The standard InChI is InChI=1S/C20H28N4O2S/c1-5-24(16-10-11-27(25,26)13-16)20-12-19(21-15(4)22-20)23-18-9-7-6-8-17(18)14(2)3/h6-9,12,14,16H,5,10-11,13H2,1-4H3,(H,21,22,23). The molecule has 0 bridgehead atoms. The molecule has 7 heteroatoms. The average Bonchev–Trinajstić information content (AvgIpc) is 2.95. The summed E-state index contributed by atoms with van der Waals surface area (Å²) in [6, 6.07) is 10.1. The van der Waals surface area contributed by atoms with Crippen LogP contribution in [0.3, 0.4) is 0 Å². The summed E-state index contributed by atoms with van der Waals surface area (Å²) in [5, 5.41) is 3.42. The molecule has 1 aliphatic rings. The van der Waals surface area contributed by atoms with E-state index in [1.165, 1.54) is 5.56 Å². The molecule has 27 heavy (non-hydrogen) atoms. The Bertz CT molecular complexity index is 912. The van der Waals surface area contributed by atoms with Gasteiger partial charge in [-0.2, -0.15) is 0 Å². The minimum absolute atomic E-state index is 0.0231. The SMILES string of the molecule is CCN(c1cc(Nc2ccccc2C(C)C)nc(C)n1)C1CCS(=O)(=O)C1. The number of rotatable bonds is 6. The summed E-state index contributed by atoms with van der Waals surface area (Å²) in [5.74, 6) is 3.01. The van der Waals surface area contributed by atoms with Crippen LogP contribution in [0.15, 0.2) is 30.3 Å². The molecule has 1 saturated heterocycles. The first-order valence-corrected chi connectivity index (χ1v) is 11.3. The summed E-state index contributed by atoms with van der Waals surface area (Å²) in [5.41, 5.74) is 2.26. The Hall–Kier alpha value is -2.15. The third kappa shape index (κ3) is 4.58. The molecule has 0 aliphatic carbocycles. The molecule has 0 amide bonds. The zero-order chi connectivity index (χ0) is 19.6. The van der Waals surface area contributed by atoms with Crippen LogP contribution in [0.1, 0.15) is 44.5 Å². The Labute approximate surface area is 162 Å².